The van der Waals surface area contributed by atoms with Gasteiger partial charge in [0.15, 0.2) is 6.10 Å². The van der Waals surface area contributed by atoms with Crippen molar-refractivity contribution in [3.63, 3.8) is 0 Å². The number of nitrogens with zero attached hydrogens (tertiary/aromatic N) is 2. The average molecular weight is 278 g/mol. The predicted octanol–water partition coefficient (Wildman–Crippen LogP) is 1.95. The van der Waals surface area contributed by atoms with E-state index in [4.69, 9.17) is 5.11 Å². The molecule has 1 rings (SSSR count). The van der Waals surface area contributed by atoms with E-state index >= 15 is 0 Å². The van der Waals surface area contributed by atoms with Gasteiger partial charge in [-0.1, -0.05) is 18.2 Å². The summed E-state index contributed by atoms with van der Waals surface area (Å²) >= 11 is 0. The Labute approximate surface area is 107 Å². The molecule has 5 nitrogen and oxygen atoms in total. The predicted molar refractivity (Wildman–Crippen MR) is 61.5 cm³/mol. The van der Waals surface area contributed by atoms with E-state index in [-0.39, 0.29) is 12.2 Å². The van der Waals surface area contributed by atoms with E-state index < -0.39 is 23.7 Å². The fourth-order valence-corrected chi connectivity index (χ4v) is 1.58. The molecular weight excluding hydrogens is 265 g/mol. The van der Waals surface area contributed by atoms with Crippen molar-refractivity contribution < 1.29 is 23.2 Å². The summed E-state index contributed by atoms with van der Waals surface area (Å²) in [5.41, 5.74) is 0.139. The largest absolute Gasteiger partial charge is 0.415 e. The number of hydrogen-bond donors (Lipinski definition) is 1. The number of para-hydroxylation sites is 1. The quantitative estimate of drug-likeness (QED) is 0.660. The third-order valence-electron chi connectivity index (χ3n) is 2.49. The molecule has 1 atom stereocenters. The highest BCUT2D eigenvalue weighted by atomic mass is 19.4. The molecule has 0 heterocycles. The summed E-state index contributed by atoms with van der Waals surface area (Å²) in [5, 5.41) is 19.7. The Morgan fingerprint density at radius 2 is 2.00 bits per heavy atom. The van der Waals surface area contributed by atoms with Crippen molar-refractivity contribution in [1.29, 1.82) is 0 Å². The minimum Gasteiger partial charge on any atom is -0.382 e. The maximum Gasteiger partial charge on any atom is 0.415 e. The first kappa shape index (κ1) is 15.4. The molecule has 0 aliphatic rings. The van der Waals surface area contributed by atoms with Crippen molar-refractivity contribution in [2.24, 2.45) is 0 Å². The summed E-state index contributed by atoms with van der Waals surface area (Å²) in [6.45, 7) is -0.695. The van der Waals surface area contributed by atoms with Crippen LogP contribution in [0.3, 0.4) is 0 Å². The normalized spacial score (nSPS) is 13.6. The smallest absolute Gasteiger partial charge is 0.382 e. The standard InChI is InChI=1S/C11H13F3N2O3/c1-15(7-10(17)11(12,13)14)6-8-4-2-3-5-9(8)16(18)19/h2-5,10,17H,6-7H2,1H3. The number of aliphatic hydroxyl groups is 1. The highest BCUT2D eigenvalue weighted by Crippen LogP contribution is 2.22. The minimum atomic E-state index is -4.70. The van der Waals surface area contributed by atoms with Crippen molar-refractivity contribution in [2.45, 2.75) is 18.8 Å². The maximum atomic E-state index is 12.2. The number of hydrogen-bond acceptors (Lipinski definition) is 4. The number of rotatable bonds is 5. The van der Waals surface area contributed by atoms with Crippen molar-refractivity contribution in [2.75, 3.05) is 13.6 Å². The zero-order valence-corrected chi connectivity index (χ0v) is 10.1. The van der Waals surface area contributed by atoms with E-state index in [2.05, 4.69) is 0 Å². The molecule has 0 aliphatic carbocycles. The van der Waals surface area contributed by atoms with Gasteiger partial charge in [-0.15, -0.1) is 0 Å². The van der Waals surface area contributed by atoms with Gasteiger partial charge in [-0.25, -0.2) is 0 Å². The van der Waals surface area contributed by atoms with Crippen LogP contribution < -0.4 is 0 Å². The van der Waals surface area contributed by atoms with Crippen molar-refractivity contribution in [1.82, 2.24) is 4.90 Å². The molecule has 106 valence electrons. The van der Waals surface area contributed by atoms with Crippen molar-refractivity contribution in [3.05, 3.63) is 39.9 Å². The van der Waals surface area contributed by atoms with Crippen LogP contribution in [0.1, 0.15) is 5.56 Å². The molecule has 1 N–H and O–H groups in total. The molecule has 0 aliphatic heterocycles. The van der Waals surface area contributed by atoms with Gasteiger partial charge < -0.3 is 5.11 Å². The molecule has 0 saturated heterocycles. The lowest BCUT2D eigenvalue weighted by atomic mass is 10.1. The SMILES string of the molecule is CN(Cc1ccccc1[N+](=O)[O-])CC(O)C(F)(F)F. The van der Waals surface area contributed by atoms with Gasteiger partial charge in [0.05, 0.1) is 4.92 Å². The lowest BCUT2D eigenvalue weighted by Crippen LogP contribution is -2.39. The second-order valence-electron chi connectivity index (χ2n) is 4.14. The summed E-state index contributed by atoms with van der Waals surface area (Å²) in [5.74, 6) is 0. The van der Waals surface area contributed by atoms with Crippen LogP contribution in [0.25, 0.3) is 0 Å². The van der Waals surface area contributed by atoms with Gasteiger partial charge in [0.1, 0.15) is 0 Å². The van der Waals surface area contributed by atoms with Gasteiger partial charge in [-0.3, -0.25) is 15.0 Å². The zero-order chi connectivity index (χ0) is 14.6. The molecule has 1 unspecified atom stereocenters. The van der Waals surface area contributed by atoms with Gasteiger partial charge in [0.2, 0.25) is 0 Å². The van der Waals surface area contributed by atoms with Gasteiger partial charge in [0, 0.05) is 24.7 Å². The number of halogens is 3. The summed E-state index contributed by atoms with van der Waals surface area (Å²) in [6, 6.07) is 5.79. The van der Waals surface area contributed by atoms with Crippen molar-refractivity contribution in [3.8, 4) is 0 Å². The third kappa shape index (κ3) is 4.49. The molecule has 1 aromatic rings. The second-order valence-corrected chi connectivity index (χ2v) is 4.14. The fraction of sp³-hybridized carbons (Fsp3) is 0.455. The molecule has 0 bridgehead atoms. The van der Waals surface area contributed by atoms with Crippen LogP contribution >= 0.6 is 0 Å². The van der Waals surface area contributed by atoms with Crippen molar-refractivity contribution >= 4 is 5.69 Å². The van der Waals surface area contributed by atoms with E-state index in [1.54, 1.807) is 6.07 Å². The Bertz CT molecular complexity index is 451. The Balaban J connectivity index is 2.72. The molecule has 0 spiro atoms. The molecule has 0 amide bonds. The summed E-state index contributed by atoms with van der Waals surface area (Å²) < 4.78 is 36.5. The van der Waals surface area contributed by atoms with Gasteiger partial charge in [-0.05, 0) is 7.05 Å². The molecule has 19 heavy (non-hydrogen) atoms. The summed E-state index contributed by atoms with van der Waals surface area (Å²) in [7, 11) is 1.35. The minimum absolute atomic E-state index is 0.0513. The van der Waals surface area contributed by atoms with E-state index in [9.17, 15) is 23.3 Å². The Hall–Kier alpha value is -1.67. The number of benzene rings is 1. The summed E-state index contributed by atoms with van der Waals surface area (Å²) in [6.07, 6.45) is -7.17. The van der Waals surface area contributed by atoms with E-state index in [1.165, 1.54) is 30.1 Å². The molecular formula is C11H13F3N2O3. The highest BCUT2D eigenvalue weighted by Gasteiger charge is 2.38. The van der Waals surface area contributed by atoms with Crippen LogP contribution in [-0.2, 0) is 6.54 Å². The van der Waals surface area contributed by atoms with Gasteiger partial charge >= 0.3 is 6.18 Å². The number of aliphatic hydroxyl groups excluding tert-OH is 1. The average Bonchev–Trinajstić information content (AvgIpc) is 2.27. The molecule has 0 saturated carbocycles. The molecule has 0 fully saturated rings. The lowest BCUT2D eigenvalue weighted by molar-refractivity contribution is -0.385. The fourth-order valence-electron chi connectivity index (χ4n) is 1.58. The third-order valence-corrected chi connectivity index (χ3v) is 2.49. The number of likely N-dealkylation sites (N-methyl/N-ethyl adjacent to an activating group) is 1. The number of nitro benzene ring substituents is 1. The summed E-state index contributed by atoms with van der Waals surface area (Å²) in [4.78, 5) is 11.3. The Morgan fingerprint density at radius 3 is 2.53 bits per heavy atom. The van der Waals surface area contributed by atoms with Gasteiger partial charge in [0.25, 0.3) is 5.69 Å². The monoisotopic (exact) mass is 278 g/mol. The lowest BCUT2D eigenvalue weighted by Gasteiger charge is -2.22. The molecule has 0 radical (unpaired) electrons. The van der Waals surface area contributed by atoms with Crippen LogP contribution in [0.5, 0.6) is 0 Å². The second kappa shape index (κ2) is 5.98. The van der Waals surface area contributed by atoms with Crippen LogP contribution in [0.2, 0.25) is 0 Å². The number of alkyl halides is 3. The van der Waals surface area contributed by atoms with Crippen LogP contribution in [-0.4, -0.2) is 40.8 Å². The first-order chi connectivity index (χ1) is 8.71. The van der Waals surface area contributed by atoms with Gasteiger partial charge in [-0.2, -0.15) is 13.2 Å². The molecule has 0 aromatic heterocycles. The molecule has 1 aromatic carbocycles. The molecule has 8 heteroatoms. The van der Waals surface area contributed by atoms with Crippen LogP contribution in [0.4, 0.5) is 18.9 Å². The Kier molecular flexibility index (Phi) is 4.84. The van der Waals surface area contributed by atoms with Crippen LogP contribution in [0, 0.1) is 10.1 Å². The number of nitro groups is 1. The first-order valence-electron chi connectivity index (χ1n) is 5.37. The topological polar surface area (TPSA) is 66.6 Å². The maximum absolute atomic E-state index is 12.2. The zero-order valence-electron chi connectivity index (χ0n) is 10.1. The van der Waals surface area contributed by atoms with Crippen LogP contribution in [0.15, 0.2) is 24.3 Å². The Morgan fingerprint density at radius 1 is 1.42 bits per heavy atom. The first-order valence-corrected chi connectivity index (χ1v) is 5.37. The highest BCUT2D eigenvalue weighted by molar-refractivity contribution is 5.39. The van der Waals surface area contributed by atoms with E-state index in [0.717, 1.165) is 0 Å². The van der Waals surface area contributed by atoms with E-state index in [0.29, 0.717) is 5.56 Å². The van der Waals surface area contributed by atoms with E-state index in [1.807, 2.05) is 0 Å².